The molecule has 0 bridgehead atoms. The van der Waals surface area contributed by atoms with Crippen LogP contribution in [0, 0.1) is 0 Å². The molecule has 4 aromatic rings. The number of rotatable bonds is 8. The highest BCUT2D eigenvalue weighted by Crippen LogP contribution is 2.38. The highest BCUT2D eigenvalue weighted by molar-refractivity contribution is 7.22. The molecule has 0 aliphatic rings. The zero-order valence-electron chi connectivity index (χ0n) is 20.2. The molecular weight excluding hydrogens is 484 g/mol. The summed E-state index contributed by atoms with van der Waals surface area (Å²) in [6, 6.07) is 18.1. The van der Waals surface area contributed by atoms with Crippen LogP contribution in [0.1, 0.15) is 28.4 Å². The van der Waals surface area contributed by atoms with E-state index in [0.29, 0.717) is 11.9 Å². The van der Waals surface area contributed by atoms with E-state index in [4.69, 9.17) is 9.47 Å². The van der Waals surface area contributed by atoms with Gasteiger partial charge < -0.3 is 14.0 Å². The molecule has 6 nitrogen and oxygen atoms in total. The fourth-order valence-corrected chi connectivity index (χ4v) is 5.33. The number of ether oxygens (including phenoxy) is 2. The fraction of sp³-hybridized carbons (Fsp3) is 0.259. The number of pyridine rings is 1. The maximum atomic E-state index is 13.6. The second kappa shape index (κ2) is 11.5. The van der Waals surface area contributed by atoms with E-state index in [1.807, 2.05) is 61.1 Å². The van der Waals surface area contributed by atoms with E-state index in [-0.39, 0.29) is 30.0 Å². The smallest absolute Gasteiger partial charge is 0.343 e. The summed E-state index contributed by atoms with van der Waals surface area (Å²) in [5.74, 6) is 0.179. The molecule has 0 atom stereocenters. The maximum Gasteiger partial charge on any atom is 0.343 e. The van der Waals surface area contributed by atoms with Crippen molar-refractivity contribution in [2.45, 2.75) is 20.0 Å². The number of carbonyl (C=O) groups excluding carboxylic acids is 1. The lowest BCUT2D eigenvalue weighted by Gasteiger charge is -2.18. The summed E-state index contributed by atoms with van der Waals surface area (Å²) in [6.45, 7) is 3.24. The van der Waals surface area contributed by atoms with E-state index in [1.54, 1.807) is 31.6 Å². The Morgan fingerprint density at radius 3 is 2.37 bits per heavy atom. The Hall–Kier alpha value is -3.13. The normalized spacial score (nSPS) is 10.9. The minimum Gasteiger partial charge on any atom is -0.497 e. The Kier molecular flexibility index (Phi) is 8.72. The lowest BCUT2D eigenvalue weighted by molar-refractivity contribution is 0.0524. The lowest BCUT2D eigenvalue weighted by atomic mass is 10.0. The van der Waals surface area contributed by atoms with Crippen LogP contribution in [0.25, 0.3) is 20.7 Å². The molecule has 2 heterocycles. The lowest BCUT2D eigenvalue weighted by Crippen LogP contribution is -2.22. The second-order valence-corrected chi connectivity index (χ2v) is 9.18. The molecule has 0 N–H and O–H groups in total. The third-order valence-electron chi connectivity index (χ3n) is 5.67. The van der Waals surface area contributed by atoms with Gasteiger partial charge in [0.2, 0.25) is 5.43 Å². The number of aryl methyl sites for hydroxylation is 1. The van der Waals surface area contributed by atoms with Crippen molar-refractivity contribution in [3.63, 3.8) is 0 Å². The number of hydrogen-bond acceptors (Lipinski definition) is 6. The van der Waals surface area contributed by atoms with Crippen LogP contribution in [0.2, 0.25) is 0 Å². The minimum atomic E-state index is -0.592. The number of benzene rings is 2. The van der Waals surface area contributed by atoms with Crippen LogP contribution >= 0.6 is 23.7 Å². The number of methoxy groups -OCH3 is 1. The van der Waals surface area contributed by atoms with Crippen molar-refractivity contribution >= 4 is 39.9 Å². The summed E-state index contributed by atoms with van der Waals surface area (Å²) in [7, 11) is 5.53. The van der Waals surface area contributed by atoms with Gasteiger partial charge in [-0.05, 0) is 54.9 Å². The Labute approximate surface area is 215 Å². The monoisotopic (exact) mass is 512 g/mol. The zero-order valence-corrected chi connectivity index (χ0v) is 21.9. The molecular formula is C27H29ClN2O4S. The molecule has 35 heavy (non-hydrogen) atoms. The molecule has 0 aliphatic heterocycles. The molecule has 8 heteroatoms. The van der Waals surface area contributed by atoms with Crippen molar-refractivity contribution in [2.24, 2.45) is 7.05 Å². The summed E-state index contributed by atoms with van der Waals surface area (Å²) in [4.78, 5) is 30.1. The molecule has 0 radical (unpaired) electrons. The third kappa shape index (κ3) is 5.59. The second-order valence-electron chi connectivity index (χ2n) is 8.18. The molecule has 184 valence electrons. The highest BCUT2D eigenvalue weighted by atomic mass is 35.5. The van der Waals surface area contributed by atoms with E-state index < -0.39 is 5.97 Å². The number of aromatic nitrogens is 1. The maximum absolute atomic E-state index is 13.6. The average molecular weight is 513 g/mol. The Morgan fingerprint density at radius 2 is 1.74 bits per heavy atom. The predicted molar refractivity (Wildman–Crippen MR) is 144 cm³/mol. The first kappa shape index (κ1) is 26.5. The van der Waals surface area contributed by atoms with Gasteiger partial charge in [-0.1, -0.05) is 30.3 Å². The van der Waals surface area contributed by atoms with Crippen LogP contribution in [0.4, 0.5) is 0 Å². The zero-order chi connectivity index (χ0) is 24.2. The Balaban J connectivity index is 0.00000342. The van der Waals surface area contributed by atoms with Crippen LogP contribution < -0.4 is 10.2 Å². The Morgan fingerprint density at radius 1 is 1.06 bits per heavy atom. The summed E-state index contributed by atoms with van der Waals surface area (Å²) in [6.07, 6.45) is 1.58. The van der Waals surface area contributed by atoms with Gasteiger partial charge in [-0.2, -0.15) is 0 Å². The molecule has 0 fully saturated rings. The molecule has 0 spiro atoms. The summed E-state index contributed by atoms with van der Waals surface area (Å²) >= 11 is 1.56. The van der Waals surface area contributed by atoms with E-state index in [0.717, 1.165) is 33.1 Å². The molecule has 2 aromatic carbocycles. The number of thiophene rings is 1. The molecule has 4 rings (SSSR count). The van der Waals surface area contributed by atoms with Crippen molar-refractivity contribution in [1.82, 2.24) is 9.47 Å². The van der Waals surface area contributed by atoms with Gasteiger partial charge in [0, 0.05) is 31.2 Å². The van der Waals surface area contributed by atoms with Gasteiger partial charge in [0.1, 0.15) is 16.1 Å². The quantitative estimate of drug-likeness (QED) is 0.291. The summed E-state index contributed by atoms with van der Waals surface area (Å²) in [5.41, 5.74) is 2.88. The third-order valence-corrected chi connectivity index (χ3v) is 7.05. The number of nitrogens with zero attached hydrogens (tertiary/aromatic N) is 2. The first-order chi connectivity index (χ1) is 16.4. The van der Waals surface area contributed by atoms with Gasteiger partial charge in [0.05, 0.1) is 19.1 Å². The van der Waals surface area contributed by atoms with Crippen LogP contribution in [-0.2, 0) is 24.9 Å². The molecule has 2 aromatic heterocycles. The fourth-order valence-electron chi connectivity index (χ4n) is 4.08. The van der Waals surface area contributed by atoms with Crippen molar-refractivity contribution < 1.29 is 14.3 Å². The topological polar surface area (TPSA) is 60.8 Å². The van der Waals surface area contributed by atoms with Crippen LogP contribution in [0.3, 0.4) is 0 Å². The first-order valence-corrected chi connectivity index (χ1v) is 11.9. The van der Waals surface area contributed by atoms with Crippen LogP contribution in [-0.4, -0.2) is 36.2 Å². The van der Waals surface area contributed by atoms with E-state index in [9.17, 15) is 9.59 Å². The van der Waals surface area contributed by atoms with Gasteiger partial charge in [-0.25, -0.2) is 4.79 Å². The number of hydrogen-bond donors (Lipinski definition) is 0. The van der Waals surface area contributed by atoms with Crippen molar-refractivity contribution in [1.29, 1.82) is 0 Å². The first-order valence-electron chi connectivity index (χ1n) is 11.1. The molecule has 0 saturated heterocycles. The van der Waals surface area contributed by atoms with Gasteiger partial charge >= 0.3 is 5.97 Å². The van der Waals surface area contributed by atoms with Crippen molar-refractivity contribution in [3.05, 3.63) is 87.7 Å². The van der Waals surface area contributed by atoms with Gasteiger partial charge in [0.25, 0.3) is 0 Å². The Bertz CT molecular complexity index is 1360. The van der Waals surface area contributed by atoms with Gasteiger partial charge in [0.15, 0.2) is 0 Å². The standard InChI is InChI=1S/C27H28N2O4S.ClH/c1-5-33-27(31)22-17-29(3)26-23(24(22)30)21(16-28(2)15-18-9-7-6-8-10-18)25(34-26)19-11-13-20(32-4)14-12-19;/h6-14,17H,5,15-16H2,1-4H3;1H. The molecule has 0 amide bonds. The van der Waals surface area contributed by atoms with E-state index in [1.165, 1.54) is 5.56 Å². The van der Waals surface area contributed by atoms with E-state index >= 15 is 0 Å². The molecule has 0 unspecified atom stereocenters. The SMILES string of the molecule is CCOC(=O)c1cn(C)c2sc(-c3ccc(OC)cc3)c(CN(C)Cc3ccccc3)c2c1=O.Cl. The largest absolute Gasteiger partial charge is 0.497 e. The number of halogens is 1. The average Bonchev–Trinajstić information content (AvgIpc) is 3.22. The number of esters is 1. The van der Waals surface area contributed by atoms with E-state index in [2.05, 4.69) is 17.0 Å². The number of fused-ring (bicyclic) bond motifs is 1. The van der Waals surface area contributed by atoms with Gasteiger partial charge in [-0.15, -0.1) is 23.7 Å². The summed E-state index contributed by atoms with van der Waals surface area (Å²) < 4.78 is 12.3. The molecule has 0 saturated carbocycles. The summed E-state index contributed by atoms with van der Waals surface area (Å²) in [5, 5.41) is 0.573. The van der Waals surface area contributed by atoms with Crippen molar-refractivity contribution in [2.75, 3.05) is 20.8 Å². The van der Waals surface area contributed by atoms with Crippen LogP contribution in [0.15, 0.2) is 65.6 Å². The minimum absolute atomic E-state index is 0. The molecule has 0 aliphatic carbocycles. The van der Waals surface area contributed by atoms with Crippen LogP contribution in [0.5, 0.6) is 5.75 Å². The van der Waals surface area contributed by atoms with Crippen molar-refractivity contribution in [3.8, 4) is 16.2 Å². The highest BCUT2D eigenvalue weighted by Gasteiger charge is 2.24. The van der Waals surface area contributed by atoms with Gasteiger partial charge in [-0.3, -0.25) is 9.69 Å². The number of carbonyl (C=O) groups is 1. The predicted octanol–water partition coefficient (Wildman–Crippen LogP) is 5.51.